The fourth-order valence-electron chi connectivity index (χ4n) is 2.31. The first-order chi connectivity index (χ1) is 9.84. The predicted octanol–water partition coefficient (Wildman–Crippen LogP) is 1.18. The highest BCUT2D eigenvalue weighted by atomic mass is 32.2. The predicted molar refractivity (Wildman–Crippen MR) is 76.0 cm³/mol. The molecule has 0 amide bonds. The number of hydrogen-bond donors (Lipinski definition) is 1. The maximum Gasteiger partial charge on any atom is 0.352 e. The van der Waals surface area contributed by atoms with Crippen molar-refractivity contribution in [3.63, 3.8) is 0 Å². The molecule has 1 aromatic heterocycles. The minimum atomic E-state index is -3.68. The number of carboxylic acids is 1. The van der Waals surface area contributed by atoms with Crippen molar-refractivity contribution < 1.29 is 23.1 Å². The first-order valence-electron chi connectivity index (χ1n) is 6.87. The van der Waals surface area contributed by atoms with Crippen molar-refractivity contribution in [2.75, 3.05) is 26.3 Å². The smallest absolute Gasteiger partial charge is 0.352 e. The van der Waals surface area contributed by atoms with Crippen LogP contribution in [0.3, 0.4) is 0 Å². The molecule has 8 heteroatoms. The van der Waals surface area contributed by atoms with Crippen LogP contribution in [0, 0.1) is 0 Å². The minimum Gasteiger partial charge on any atom is -0.477 e. The van der Waals surface area contributed by atoms with Gasteiger partial charge in [0.25, 0.3) is 0 Å². The molecule has 7 nitrogen and oxygen atoms in total. The molecular formula is C13H20N2O5S. The molecular weight excluding hydrogens is 296 g/mol. The topological polar surface area (TPSA) is 88.8 Å². The maximum absolute atomic E-state index is 12.6. The summed E-state index contributed by atoms with van der Waals surface area (Å²) in [5, 5.41) is 9.20. The van der Waals surface area contributed by atoms with Crippen LogP contribution in [0.15, 0.2) is 17.2 Å². The molecule has 0 unspecified atom stereocenters. The van der Waals surface area contributed by atoms with Crippen molar-refractivity contribution in [2.45, 2.75) is 31.2 Å². The summed E-state index contributed by atoms with van der Waals surface area (Å²) in [5.41, 5.74) is -0.0188. The van der Waals surface area contributed by atoms with E-state index in [2.05, 4.69) is 0 Å². The van der Waals surface area contributed by atoms with Crippen LogP contribution in [-0.2, 0) is 14.8 Å². The Morgan fingerprint density at radius 1 is 1.33 bits per heavy atom. The van der Waals surface area contributed by atoms with E-state index in [0.29, 0.717) is 26.2 Å². The van der Waals surface area contributed by atoms with Crippen molar-refractivity contribution >= 4 is 16.0 Å². The van der Waals surface area contributed by atoms with Crippen LogP contribution in [-0.4, -0.2) is 54.7 Å². The van der Waals surface area contributed by atoms with Gasteiger partial charge in [-0.25, -0.2) is 13.2 Å². The summed E-state index contributed by atoms with van der Waals surface area (Å²) in [6.45, 7) is 5.19. The Hall–Kier alpha value is -1.38. The number of ether oxygens (including phenoxy) is 1. The zero-order valence-corrected chi connectivity index (χ0v) is 13.0. The van der Waals surface area contributed by atoms with Crippen LogP contribution in [0.25, 0.3) is 0 Å². The summed E-state index contributed by atoms with van der Waals surface area (Å²) in [5.74, 6) is -1.13. The molecule has 1 saturated heterocycles. The Morgan fingerprint density at radius 2 is 2.05 bits per heavy atom. The van der Waals surface area contributed by atoms with E-state index in [1.165, 1.54) is 21.1 Å². The fourth-order valence-corrected chi connectivity index (χ4v) is 3.80. The van der Waals surface area contributed by atoms with Crippen molar-refractivity contribution in [1.29, 1.82) is 0 Å². The third-order valence-electron chi connectivity index (χ3n) is 3.42. The zero-order chi connectivity index (χ0) is 15.6. The van der Waals surface area contributed by atoms with E-state index in [0.717, 1.165) is 0 Å². The van der Waals surface area contributed by atoms with Crippen LogP contribution in [0.2, 0.25) is 0 Å². The molecule has 0 saturated carbocycles. The molecule has 0 aliphatic carbocycles. The number of aromatic nitrogens is 1. The Morgan fingerprint density at radius 3 is 2.62 bits per heavy atom. The lowest BCUT2D eigenvalue weighted by Crippen LogP contribution is -2.33. The third kappa shape index (κ3) is 3.28. The van der Waals surface area contributed by atoms with Crippen molar-refractivity contribution in [1.82, 2.24) is 8.87 Å². The van der Waals surface area contributed by atoms with Crippen LogP contribution >= 0.6 is 0 Å². The highest BCUT2D eigenvalue weighted by molar-refractivity contribution is 7.89. The maximum atomic E-state index is 12.6. The van der Waals surface area contributed by atoms with Gasteiger partial charge < -0.3 is 14.4 Å². The Bertz CT molecular complexity index is 613. The normalized spacial score (nSPS) is 17.9. The monoisotopic (exact) mass is 316 g/mol. The van der Waals surface area contributed by atoms with Gasteiger partial charge in [-0.1, -0.05) is 0 Å². The molecule has 0 bridgehead atoms. The average Bonchev–Trinajstić information content (AvgIpc) is 2.69. The summed E-state index contributed by atoms with van der Waals surface area (Å²) < 4.78 is 33.3. The lowest BCUT2D eigenvalue weighted by Gasteiger charge is -2.18. The lowest BCUT2D eigenvalue weighted by molar-refractivity contribution is 0.0683. The van der Waals surface area contributed by atoms with Crippen molar-refractivity contribution in [3.05, 3.63) is 18.0 Å². The molecule has 0 radical (unpaired) electrons. The quantitative estimate of drug-likeness (QED) is 0.901. The molecule has 1 aliphatic heterocycles. The van der Waals surface area contributed by atoms with Gasteiger partial charge in [-0.15, -0.1) is 0 Å². The van der Waals surface area contributed by atoms with Gasteiger partial charge >= 0.3 is 5.97 Å². The van der Waals surface area contributed by atoms with Gasteiger partial charge in [0.15, 0.2) is 0 Å². The third-order valence-corrected chi connectivity index (χ3v) is 5.28. The minimum absolute atomic E-state index is 0.0188. The summed E-state index contributed by atoms with van der Waals surface area (Å²) >= 11 is 0. The van der Waals surface area contributed by atoms with Crippen LogP contribution in [0.5, 0.6) is 0 Å². The van der Waals surface area contributed by atoms with E-state index in [-0.39, 0.29) is 23.2 Å². The van der Waals surface area contributed by atoms with Crippen molar-refractivity contribution in [2.24, 2.45) is 0 Å². The number of carboxylic acid groups (broad SMARTS) is 1. The molecule has 2 rings (SSSR count). The molecule has 0 spiro atoms. The molecule has 1 aliphatic rings. The van der Waals surface area contributed by atoms with Gasteiger partial charge in [0.2, 0.25) is 10.0 Å². The molecule has 118 valence electrons. The van der Waals surface area contributed by atoms with Crippen LogP contribution in [0.4, 0.5) is 0 Å². The second-order valence-corrected chi connectivity index (χ2v) is 7.18. The lowest BCUT2D eigenvalue weighted by atomic mass is 10.3. The average molecular weight is 316 g/mol. The number of aromatic carboxylic acids is 1. The number of carbonyl (C=O) groups is 1. The molecule has 2 heterocycles. The van der Waals surface area contributed by atoms with Crippen LogP contribution in [0.1, 0.15) is 36.8 Å². The van der Waals surface area contributed by atoms with E-state index in [1.807, 2.05) is 13.8 Å². The number of nitrogens with zero attached hydrogens (tertiary/aromatic N) is 2. The van der Waals surface area contributed by atoms with E-state index in [9.17, 15) is 18.3 Å². The summed E-state index contributed by atoms with van der Waals surface area (Å²) in [6, 6.07) is 1.09. The molecule has 1 aromatic rings. The number of sulfonamides is 1. The summed E-state index contributed by atoms with van der Waals surface area (Å²) in [6.07, 6.45) is 2.03. The highest BCUT2D eigenvalue weighted by Gasteiger charge is 2.28. The highest BCUT2D eigenvalue weighted by Crippen LogP contribution is 2.23. The fraction of sp³-hybridized carbons (Fsp3) is 0.615. The first kappa shape index (κ1) is 16.0. The number of hydrogen-bond acceptors (Lipinski definition) is 4. The van der Waals surface area contributed by atoms with Gasteiger partial charge in [0.1, 0.15) is 10.6 Å². The van der Waals surface area contributed by atoms with Gasteiger partial charge in [-0.3, -0.25) is 0 Å². The Kier molecular flexibility index (Phi) is 4.70. The standard InChI is InChI=1S/C13H20N2O5S/c1-10(2)15-9-11(8-12(15)13(16)17)21(18,19)14-4-3-6-20-7-5-14/h8-10H,3-7H2,1-2H3,(H,16,17). The van der Waals surface area contributed by atoms with E-state index < -0.39 is 16.0 Å². The molecule has 1 fully saturated rings. The second-order valence-electron chi connectivity index (χ2n) is 5.24. The molecule has 0 aromatic carbocycles. The van der Waals surface area contributed by atoms with Crippen molar-refractivity contribution in [3.8, 4) is 0 Å². The van der Waals surface area contributed by atoms with Gasteiger partial charge in [0, 0.05) is 31.9 Å². The van der Waals surface area contributed by atoms with Gasteiger partial charge in [-0.05, 0) is 26.3 Å². The summed E-state index contributed by atoms with van der Waals surface area (Å²) in [4.78, 5) is 11.3. The SMILES string of the molecule is CC(C)n1cc(S(=O)(=O)N2CCCOCC2)cc1C(=O)O. The first-order valence-corrected chi connectivity index (χ1v) is 8.31. The Balaban J connectivity index is 2.40. The van der Waals surface area contributed by atoms with Gasteiger partial charge in [-0.2, -0.15) is 4.31 Å². The van der Waals surface area contributed by atoms with Gasteiger partial charge in [0.05, 0.1) is 6.61 Å². The summed E-state index contributed by atoms with van der Waals surface area (Å²) in [7, 11) is -3.68. The largest absolute Gasteiger partial charge is 0.477 e. The van der Waals surface area contributed by atoms with E-state index in [1.54, 1.807) is 0 Å². The van der Waals surface area contributed by atoms with Crippen LogP contribution < -0.4 is 0 Å². The molecule has 21 heavy (non-hydrogen) atoms. The second kappa shape index (κ2) is 6.17. The van der Waals surface area contributed by atoms with E-state index >= 15 is 0 Å². The Labute approximate surface area is 124 Å². The molecule has 1 N–H and O–H groups in total. The molecule has 0 atom stereocenters. The number of rotatable bonds is 4. The van der Waals surface area contributed by atoms with E-state index in [4.69, 9.17) is 4.74 Å². The zero-order valence-electron chi connectivity index (χ0n) is 12.2.